The van der Waals surface area contributed by atoms with Crippen LogP contribution in [0.4, 0.5) is 5.69 Å². The highest BCUT2D eigenvalue weighted by atomic mass is 16.5. The Morgan fingerprint density at radius 1 is 0.967 bits per heavy atom. The highest BCUT2D eigenvalue weighted by molar-refractivity contribution is 5.99. The van der Waals surface area contributed by atoms with Crippen LogP contribution in [-0.4, -0.2) is 49.5 Å². The average molecular weight is 405 g/mol. The molecule has 0 bridgehead atoms. The predicted octanol–water partition coefficient (Wildman–Crippen LogP) is 3.73. The smallest absolute Gasteiger partial charge is 0.340 e. The van der Waals surface area contributed by atoms with E-state index in [1.807, 2.05) is 74.4 Å². The van der Waals surface area contributed by atoms with E-state index in [0.29, 0.717) is 17.8 Å². The lowest BCUT2D eigenvalue weighted by molar-refractivity contribution is -0.133. The van der Waals surface area contributed by atoms with Crippen LogP contribution < -0.4 is 4.90 Å². The molecule has 0 aliphatic rings. The van der Waals surface area contributed by atoms with Crippen molar-refractivity contribution in [3.05, 3.63) is 70.9 Å². The van der Waals surface area contributed by atoms with Crippen molar-refractivity contribution in [3.63, 3.8) is 0 Å². The number of amides is 1. The minimum atomic E-state index is -0.527. The summed E-state index contributed by atoms with van der Waals surface area (Å²) in [6, 6.07) is 15.6. The molecular formula is C24H27N3O3. The Labute approximate surface area is 177 Å². The molecule has 0 aliphatic heterocycles. The minimum absolute atomic E-state index is 0.260. The number of aryl methyl sites for hydroxylation is 2. The van der Waals surface area contributed by atoms with E-state index in [-0.39, 0.29) is 12.5 Å². The number of hydrogen-bond donors (Lipinski definition) is 0. The number of pyridine rings is 1. The van der Waals surface area contributed by atoms with Gasteiger partial charge in [0.2, 0.25) is 0 Å². The van der Waals surface area contributed by atoms with Crippen molar-refractivity contribution in [1.82, 2.24) is 9.88 Å². The molecule has 0 aliphatic carbocycles. The van der Waals surface area contributed by atoms with Crippen molar-refractivity contribution in [2.45, 2.75) is 20.4 Å². The van der Waals surface area contributed by atoms with Crippen LogP contribution in [0.3, 0.4) is 0 Å². The highest BCUT2D eigenvalue weighted by Gasteiger charge is 2.20. The molecule has 1 heterocycles. The lowest BCUT2D eigenvalue weighted by Gasteiger charge is -2.19. The van der Waals surface area contributed by atoms with Crippen LogP contribution in [0.1, 0.15) is 27.2 Å². The average Bonchev–Trinajstić information content (AvgIpc) is 2.72. The Morgan fingerprint density at radius 3 is 2.30 bits per heavy atom. The van der Waals surface area contributed by atoms with Gasteiger partial charge < -0.3 is 14.5 Å². The molecule has 156 valence electrons. The van der Waals surface area contributed by atoms with Gasteiger partial charge in [-0.3, -0.25) is 9.78 Å². The summed E-state index contributed by atoms with van der Waals surface area (Å²) in [5.74, 6) is -0.788. The SMILES string of the molecule is Cc1nc2ccccc2c(C)c1C(=O)OCC(=O)N(C)Cc1ccc(N(C)C)cc1. The number of anilines is 1. The number of carbonyl (C=O) groups excluding carboxylic acids is 2. The van der Waals surface area contributed by atoms with Crippen molar-refractivity contribution >= 4 is 28.5 Å². The summed E-state index contributed by atoms with van der Waals surface area (Å²) in [5, 5.41) is 0.902. The molecule has 2 aromatic carbocycles. The van der Waals surface area contributed by atoms with Crippen LogP contribution in [0, 0.1) is 13.8 Å². The maximum atomic E-state index is 12.7. The number of benzene rings is 2. The lowest BCUT2D eigenvalue weighted by Crippen LogP contribution is -2.31. The third-order valence-electron chi connectivity index (χ3n) is 5.16. The van der Waals surface area contributed by atoms with Gasteiger partial charge in [0.05, 0.1) is 16.8 Å². The van der Waals surface area contributed by atoms with Crippen LogP contribution in [0.5, 0.6) is 0 Å². The van der Waals surface area contributed by atoms with Gasteiger partial charge in [0.1, 0.15) is 0 Å². The second-order valence-corrected chi connectivity index (χ2v) is 7.60. The van der Waals surface area contributed by atoms with Gasteiger partial charge >= 0.3 is 5.97 Å². The molecule has 1 amide bonds. The first-order valence-corrected chi connectivity index (χ1v) is 9.81. The number of ether oxygens (including phenoxy) is 1. The number of nitrogens with zero attached hydrogens (tertiary/aromatic N) is 3. The summed E-state index contributed by atoms with van der Waals surface area (Å²) in [5.41, 5.74) is 4.76. The number of fused-ring (bicyclic) bond motifs is 1. The first kappa shape index (κ1) is 21.3. The molecule has 0 spiro atoms. The summed E-state index contributed by atoms with van der Waals surface area (Å²) < 4.78 is 5.33. The molecule has 0 unspecified atom stereocenters. The Hall–Kier alpha value is -3.41. The molecule has 0 N–H and O–H groups in total. The Morgan fingerprint density at radius 2 is 1.63 bits per heavy atom. The quantitative estimate of drug-likeness (QED) is 0.585. The summed E-state index contributed by atoms with van der Waals surface area (Å²) in [4.78, 5) is 33.2. The first-order valence-electron chi connectivity index (χ1n) is 9.81. The molecule has 30 heavy (non-hydrogen) atoms. The number of rotatable bonds is 6. The Balaban J connectivity index is 1.64. The van der Waals surface area contributed by atoms with Gasteiger partial charge in [0.25, 0.3) is 5.91 Å². The maximum absolute atomic E-state index is 12.7. The zero-order valence-corrected chi connectivity index (χ0v) is 18.1. The molecule has 0 saturated heterocycles. The molecule has 0 radical (unpaired) electrons. The number of aromatic nitrogens is 1. The molecule has 0 atom stereocenters. The zero-order valence-electron chi connectivity index (χ0n) is 18.1. The predicted molar refractivity (Wildman–Crippen MR) is 119 cm³/mol. The molecule has 6 heteroatoms. The van der Waals surface area contributed by atoms with E-state index in [2.05, 4.69) is 4.98 Å². The van der Waals surface area contributed by atoms with E-state index in [4.69, 9.17) is 4.74 Å². The first-order chi connectivity index (χ1) is 14.3. The van der Waals surface area contributed by atoms with E-state index < -0.39 is 5.97 Å². The number of likely N-dealkylation sites (N-methyl/N-ethyl adjacent to an activating group) is 1. The topological polar surface area (TPSA) is 62.7 Å². The largest absolute Gasteiger partial charge is 0.452 e. The Kier molecular flexibility index (Phi) is 6.35. The summed E-state index contributed by atoms with van der Waals surface area (Å²) in [7, 11) is 5.66. The third-order valence-corrected chi connectivity index (χ3v) is 5.16. The van der Waals surface area contributed by atoms with Gasteiger partial charge in [-0.25, -0.2) is 4.79 Å². The van der Waals surface area contributed by atoms with E-state index in [1.165, 1.54) is 0 Å². The summed E-state index contributed by atoms with van der Waals surface area (Å²) in [6.45, 7) is 3.79. The summed E-state index contributed by atoms with van der Waals surface area (Å²) in [6.07, 6.45) is 0. The van der Waals surface area contributed by atoms with Crippen molar-refractivity contribution in [2.24, 2.45) is 0 Å². The van der Waals surface area contributed by atoms with E-state index in [9.17, 15) is 9.59 Å². The normalized spacial score (nSPS) is 10.7. The second kappa shape index (κ2) is 8.95. The Bertz CT molecular complexity index is 1070. The lowest BCUT2D eigenvalue weighted by atomic mass is 10.0. The summed E-state index contributed by atoms with van der Waals surface area (Å²) >= 11 is 0. The van der Waals surface area contributed by atoms with Crippen LogP contribution in [0.25, 0.3) is 10.9 Å². The van der Waals surface area contributed by atoms with Gasteiger partial charge in [-0.2, -0.15) is 0 Å². The third kappa shape index (κ3) is 4.59. The number of carbonyl (C=O) groups is 2. The molecular weight excluding hydrogens is 378 g/mol. The standard InChI is InChI=1S/C24H27N3O3/c1-16-20-8-6-7-9-21(20)25-17(2)23(16)24(29)30-15-22(28)27(5)14-18-10-12-19(13-11-18)26(3)4/h6-13H,14-15H2,1-5H3. The van der Waals surface area contributed by atoms with Gasteiger partial charge in [0.15, 0.2) is 6.61 Å². The number of esters is 1. The molecule has 0 fully saturated rings. The molecule has 3 rings (SSSR count). The monoisotopic (exact) mass is 405 g/mol. The van der Waals surface area contributed by atoms with E-state index in [0.717, 1.165) is 27.7 Å². The van der Waals surface area contributed by atoms with Crippen LogP contribution in [-0.2, 0) is 16.1 Å². The number of hydrogen-bond acceptors (Lipinski definition) is 5. The molecule has 1 aromatic heterocycles. The van der Waals surface area contributed by atoms with Gasteiger partial charge in [-0.15, -0.1) is 0 Å². The van der Waals surface area contributed by atoms with Crippen LogP contribution in [0.2, 0.25) is 0 Å². The molecule has 0 saturated carbocycles. The van der Waals surface area contributed by atoms with Crippen molar-refractivity contribution in [1.29, 1.82) is 0 Å². The molecule has 6 nitrogen and oxygen atoms in total. The van der Waals surface area contributed by atoms with Crippen molar-refractivity contribution < 1.29 is 14.3 Å². The van der Waals surface area contributed by atoms with Crippen molar-refractivity contribution in [2.75, 3.05) is 32.6 Å². The van der Waals surface area contributed by atoms with E-state index in [1.54, 1.807) is 18.9 Å². The van der Waals surface area contributed by atoms with Crippen LogP contribution in [0.15, 0.2) is 48.5 Å². The second-order valence-electron chi connectivity index (χ2n) is 7.60. The highest BCUT2D eigenvalue weighted by Crippen LogP contribution is 2.23. The van der Waals surface area contributed by atoms with Crippen molar-refractivity contribution in [3.8, 4) is 0 Å². The molecule has 3 aromatic rings. The fraction of sp³-hybridized carbons (Fsp3) is 0.292. The maximum Gasteiger partial charge on any atom is 0.340 e. The zero-order chi connectivity index (χ0) is 21.8. The fourth-order valence-corrected chi connectivity index (χ4v) is 3.40. The number of para-hydroxylation sites is 1. The van der Waals surface area contributed by atoms with E-state index >= 15 is 0 Å². The minimum Gasteiger partial charge on any atom is -0.452 e. The van der Waals surface area contributed by atoms with Gasteiger partial charge in [-0.05, 0) is 43.2 Å². The van der Waals surface area contributed by atoms with Gasteiger partial charge in [0, 0.05) is 38.8 Å². The van der Waals surface area contributed by atoms with Crippen LogP contribution >= 0.6 is 0 Å². The van der Waals surface area contributed by atoms with Gasteiger partial charge in [-0.1, -0.05) is 30.3 Å². The fourth-order valence-electron chi connectivity index (χ4n) is 3.40.